The molecule has 0 saturated heterocycles. The maximum absolute atomic E-state index is 13.0. The van der Waals surface area contributed by atoms with Crippen LogP contribution in [0.5, 0.6) is 0 Å². The summed E-state index contributed by atoms with van der Waals surface area (Å²) in [6, 6.07) is 1.01. The quantitative estimate of drug-likeness (QED) is 0.737. The summed E-state index contributed by atoms with van der Waals surface area (Å²) >= 11 is 2.98. The first kappa shape index (κ1) is 10.5. The lowest BCUT2D eigenvalue weighted by Crippen LogP contribution is -2.01. The number of aromatic nitrogens is 1. The van der Waals surface area contributed by atoms with Gasteiger partial charge in [-0.15, -0.1) is 0 Å². The van der Waals surface area contributed by atoms with Crippen molar-refractivity contribution in [3.05, 3.63) is 28.8 Å². The van der Waals surface area contributed by atoms with E-state index < -0.39 is 17.8 Å². The third-order valence-corrected chi connectivity index (χ3v) is 2.09. The molecule has 0 aliphatic carbocycles. The molecule has 1 nitrogen and oxygen atoms in total. The minimum atomic E-state index is -2.82. The smallest absolute Gasteiger partial charge is 0.257 e. The molecule has 0 N–H and O–H groups in total. The van der Waals surface area contributed by atoms with Crippen LogP contribution in [0.15, 0.2) is 6.07 Å². The topological polar surface area (TPSA) is 12.9 Å². The van der Waals surface area contributed by atoms with Crippen LogP contribution in [-0.4, -0.2) is 4.98 Å². The monoisotopic (exact) mass is 253 g/mol. The molecule has 0 aromatic carbocycles. The lowest BCUT2D eigenvalue weighted by molar-refractivity contribution is 0.144. The molecule has 72 valence electrons. The predicted octanol–water partition coefficient (Wildman–Crippen LogP) is 3.36. The highest BCUT2D eigenvalue weighted by Crippen LogP contribution is 2.26. The van der Waals surface area contributed by atoms with Gasteiger partial charge in [-0.1, -0.05) is 15.9 Å². The summed E-state index contributed by atoms with van der Waals surface area (Å²) in [5.74, 6) is -0.892. The van der Waals surface area contributed by atoms with Gasteiger partial charge in [0.05, 0.1) is 11.3 Å². The number of nitrogens with zero attached hydrogens (tertiary/aromatic N) is 1. The Kier molecular flexibility index (Phi) is 3.30. The van der Waals surface area contributed by atoms with Crippen molar-refractivity contribution in [2.45, 2.75) is 18.7 Å². The molecule has 0 radical (unpaired) electrons. The molecule has 0 spiro atoms. The Balaban J connectivity index is 3.30. The first-order chi connectivity index (χ1) is 6.06. The van der Waals surface area contributed by atoms with Crippen LogP contribution in [0.1, 0.15) is 23.4 Å². The fourth-order valence-corrected chi connectivity index (χ4v) is 1.46. The zero-order valence-electron chi connectivity index (χ0n) is 6.82. The highest BCUT2D eigenvalue weighted by atomic mass is 79.9. The van der Waals surface area contributed by atoms with Crippen LogP contribution >= 0.6 is 15.9 Å². The standard InChI is InChI=1S/C8H7BrF3N/c1-4-2-5(10)7(8(11)12)6(3-9)13-4/h2,8H,3H2,1H3. The Morgan fingerprint density at radius 2 is 2.15 bits per heavy atom. The molecule has 0 unspecified atom stereocenters. The van der Waals surface area contributed by atoms with Crippen LogP contribution in [0.4, 0.5) is 13.2 Å². The Morgan fingerprint density at radius 3 is 2.62 bits per heavy atom. The summed E-state index contributed by atoms with van der Waals surface area (Å²) in [5.41, 5.74) is -0.147. The number of pyridine rings is 1. The summed E-state index contributed by atoms with van der Waals surface area (Å²) in [4.78, 5) is 3.81. The van der Waals surface area contributed by atoms with Crippen LogP contribution in [0, 0.1) is 12.7 Å². The van der Waals surface area contributed by atoms with Gasteiger partial charge in [-0.25, -0.2) is 13.2 Å². The lowest BCUT2D eigenvalue weighted by Gasteiger charge is -2.07. The van der Waals surface area contributed by atoms with Gasteiger partial charge in [0.15, 0.2) is 0 Å². The van der Waals surface area contributed by atoms with Crippen LogP contribution in [0.2, 0.25) is 0 Å². The van der Waals surface area contributed by atoms with Crippen molar-refractivity contribution in [1.29, 1.82) is 0 Å². The van der Waals surface area contributed by atoms with E-state index in [9.17, 15) is 13.2 Å². The van der Waals surface area contributed by atoms with E-state index in [0.717, 1.165) is 6.07 Å². The molecule has 1 heterocycles. The molecular formula is C8H7BrF3N. The number of rotatable bonds is 2. The second kappa shape index (κ2) is 4.09. The van der Waals surface area contributed by atoms with Crippen molar-refractivity contribution in [3.63, 3.8) is 0 Å². The summed E-state index contributed by atoms with van der Waals surface area (Å²) in [5, 5.41) is 0.130. The normalized spacial score (nSPS) is 10.9. The first-order valence-electron chi connectivity index (χ1n) is 3.56. The van der Waals surface area contributed by atoms with E-state index in [1.54, 1.807) is 6.92 Å². The average Bonchev–Trinajstić information content (AvgIpc) is 2.01. The molecule has 1 aromatic rings. The van der Waals surface area contributed by atoms with Crippen molar-refractivity contribution >= 4 is 15.9 Å². The number of aryl methyl sites for hydroxylation is 1. The summed E-state index contributed by atoms with van der Waals surface area (Å²) < 4.78 is 37.6. The largest absolute Gasteiger partial charge is 0.268 e. The van der Waals surface area contributed by atoms with Crippen LogP contribution < -0.4 is 0 Å². The van der Waals surface area contributed by atoms with Crippen LogP contribution in [0.3, 0.4) is 0 Å². The van der Waals surface area contributed by atoms with E-state index in [-0.39, 0.29) is 11.0 Å². The Labute approximate surface area is 82.1 Å². The van der Waals surface area contributed by atoms with Crippen LogP contribution in [0.25, 0.3) is 0 Å². The lowest BCUT2D eigenvalue weighted by atomic mass is 10.2. The van der Waals surface area contributed by atoms with E-state index >= 15 is 0 Å². The molecule has 13 heavy (non-hydrogen) atoms. The maximum atomic E-state index is 13.0. The van der Waals surface area contributed by atoms with Gasteiger partial charge in [-0.3, -0.25) is 4.98 Å². The van der Waals surface area contributed by atoms with Crippen molar-refractivity contribution in [2.24, 2.45) is 0 Å². The molecule has 0 aliphatic rings. The minimum Gasteiger partial charge on any atom is -0.257 e. The van der Waals surface area contributed by atoms with Gasteiger partial charge in [0.25, 0.3) is 6.43 Å². The Morgan fingerprint density at radius 1 is 1.54 bits per heavy atom. The molecule has 5 heteroatoms. The second-order valence-corrected chi connectivity index (χ2v) is 3.10. The maximum Gasteiger partial charge on any atom is 0.268 e. The van der Waals surface area contributed by atoms with E-state index in [0.29, 0.717) is 5.69 Å². The van der Waals surface area contributed by atoms with Crippen molar-refractivity contribution in [2.75, 3.05) is 0 Å². The predicted molar refractivity (Wildman–Crippen MR) is 46.5 cm³/mol. The summed E-state index contributed by atoms with van der Waals surface area (Å²) in [6.45, 7) is 1.56. The van der Waals surface area contributed by atoms with E-state index in [4.69, 9.17) is 0 Å². The summed E-state index contributed by atoms with van der Waals surface area (Å²) in [6.07, 6.45) is -2.82. The zero-order chi connectivity index (χ0) is 10.0. The van der Waals surface area contributed by atoms with Crippen molar-refractivity contribution < 1.29 is 13.2 Å². The molecule has 0 amide bonds. The van der Waals surface area contributed by atoms with E-state index in [1.165, 1.54) is 0 Å². The molecule has 0 saturated carbocycles. The molecule has 1 aromatic heterocycles. The Bertz CT molecular complexity index is 315. The van der Waals surface area contributed by atoms with Gasteiger partial charge in [-0.2, -0.15) is 0 Å². The average molecular weight is 254 g/mol. The molecule has 0 aliphatic heterocycles. The summed E-state index contributed by atoms with van der Waals surface area (Å²) in [7, 11) is 0. The second-order valence-electron chi connectivity index (χ2n) is 2.54. The van der Waals surface area contributed by atoms with Gasteiger partial charge < -0.3 is 0 Å². The van der Waals surface area contributed by atoms with Crippen molar-refractivity contribution in [1.82, 2.24) is 4.98 Å². The Hall–Kier alpha value is -0.580. The highest BCUT2D eigenvalue weighted by Gasteiger charge is 2.19. The minimum absolute atomic E-state index is 0.0625. The van der Waals surface area contributed by atoms with Gasteiger partial charge in [0, 0.05) is 11.0 Å². The zero-order valence-corrected chi connectivity index (χ0v) is 8.41. The third-order valence-electron chi connectivity index (χ3n) is 1.56. The van der Waals surface area contributed by atoms with Crippen molar-refractivity contribution in [3.8, 4) is 0 Å². The fourth-order valence-electron chi connectivity index (χ4n) is 1.04. The first-order valence-corrected chi connectivity index (χ1v) is 4.68. The molecular weight excluding hydrogens is 247 g/mol. The third kappa shape index (κ3) is 2.21. The van der Waals surface area contributed by atoms with Gasteiger partial charge in [0.1, 0.15) is 5.82 Å². The van der Waals surface area contributed by atoms with Gasteiger partial charge in [-0.05, 0) is 13.0 Å². The molecule has 0 fully saturated rings. The highest BCUT2D eigenvalue weighted by molar-refractivity contribution is 9.08. The molecule has 0 bridgehead atoms. The number of hydrogen-bond acceptors (Lipinski definition) is 1. The van der Waals surface area contributed by atoms with Crippen LogP contribution in [-0.2, 0) is 5.33 Å². The van der Waals surface area contributed by atoms with E-state index in [2.05, 4.69) is 20.9 Å². The molecule has 1 rings (SSSR count). The van der Waals surface area contributed by atoms with Gasteiger partial charge in [0.2, 0.25) is 0 Å². The van der Waals surface area contributed by atoms with E-state index in [1.807, 2.05) is 0 Å². The van der Waals surface area contributed by atoms with Gasteiger partial charge >= 0.3 is 0 Å². The fraction of sp³-hybridized carbons (Fsp3) is 0.375. The number of alkyl halides is 3. The SMILES string of the molecule is Cc1cc(F)c(C(F)F)c(CBr)n1. The molecule has 0 atom stereocenters. The number of hydrogen-bond donors (Lipinski definition) is 0. The number of halogens is 4.